The summed E-state index contributed by atoms with van der Waals surface area (Å²) in [7, 11) is 0. The van der Waals surface area contributed by atoms with E-state index >= 15 is 0 Å². The van der Waals surface area contributed by atoms with Crippen molar-refractivity contribution in [3.63, 3.8) is 0 Å². The van der Waals surface area contributed by atoms with Crippen LogP contribution in [0, 0.1) is 0 Å². The molecule has 0 amide bonds. The Bertz CT molecular complexity index is 2870. The molecule has 200 valence electrons. The average molecular weight is 555 g/mol. The fourth-order valence-corrected chi connectivity index (χ4v) is 6.49. The molecule has 8 aromatic carbocycles. The van der Waals surface area contributed by atoms with E-state index in [0.29, 0.717) is 22.3 Å². The number of rotatable bonds is 3. The number of hydrogen-bond acceptors (Lipinski definition) is 1. The maximum Gasteiger partial charge on any atom is 0.144 e. The third-order valence-electron chi connectivity index (χ3n) is 8.32. The summed E-state index contributed by atoms with van der Waals surface area (Å²) >= 11 is 0. The Morgan fingerprint density at radius 2 is 1.00 bits per heavy atom. The van der Waals surface area contributed by atoms with Gasteiger partial charge in [-0.3, -0.25) is 0 Å². The van der Waals surface area contributed by atoms with Crippen LogP contribution in [0.3, 0.4) is 0 Å². The highest BCUT2D eigenvalue weighted by molar-refractivity contribution is 6.25. The van der Waals surface area contributed by atoms with Crippen LogP contribution in [0.5, 0.6) is 0 Å². The van der Waals surface area contributed by atoms with Crippen LogP contribution in [-0.2, 0) is 0 Å². The molecule has 0 aliphatic carbocycles. The summed E-state index contributed by atoms with van der Waals surface area (Å²) in [6.07, 6.45) is 0. The molecular weight excluding hydrogens is 520 g/mol. The van der Waals surface area contributed by atoms with Gasteiger partial charge in [-0.1, -0.05) is 151 Å². The summed E-state index contributed by atoms with van der Waals surface area (Å²) < 4.78 is 79.7. The molecule has 0 aliphatic rings. The maximum atomic E-state index is 9.43. The zero-order chi connectivity index (χ0) is 35.3. The molecule has 0 radical (unpaired) electrons. The second kappa shape index (κ2) is 9.44. The quantitative estimate of drug-likeness (QED) is 0.156. The molecule has 0 aliphatic heterocycles. The second-order valence-electron chi connectivity index (χ2n) is 10.6. The van der Waals surface area contributed by atoms with E-state index in [4.69, 9.17) is 9.90 Å². The molecule has 0 spiro atoms. The molecule has 1 aromatic heterocycles. The lowest BCUT2D eigenvalue weighted by Crippen LogP contribution is -1.92. The van der Waals surface area contributed by atoms with Crippen LogP contribution < -0.4 is 0 Å². The van der Waals surface area contributed by atoms with E-state index in [1.165, 1.54) is 0 Å². The molecule has 1 heteroatoms. The Balaban J connectivity index is 1.60. The van der Waals surface area contributed by atoms with Crippen molar-refractivity contribution in [2.45, 2.75) is 0 Å². The SMILES string of the molecule is [2H]c1c([2H])c([2H])c2c(-c3cccc4c3ccc3ccccc34)c3c([2H])c([2H])c([2H])c([2H])c3c(-c3oc4ccccc4c3-c3ccccc3)c2c1[2H]. The van der Waals surface area contributed by atoms with Gasteiger partial charge >= 0.3 is 0 Å². The van der Waals surface area contributed by atoms with Gasteiger partial charge in [0.15, 0.2) is 0 Å². The minimum absolute atomic E-state index is 0.113. The molecular formula is C42H26O. The molecule has 1 nitrogen and oxygen atoms in total. The van der Waals surface area contributed by atoms with Gasteiger partial charge < -0.3 is 4.42 Å². The van der Waals surface area contributed by atoms with Crippen LogP contribution in [0.25, 0.3) is 87.6 Å². The molecule has 0 fully saturated rings. The van der Waals surface area contributed by atoms with Crippen molar-refractivity contribution in [2.24, 2.45) is 0 Å². The molecule has 1 heterocycles. The van der Waals surface area contributed by atoms with Gasteiger partial charge in [0, 0.05) is 16.5 Å². The highest BCUT2D eigenvalue weighted by Crippen LogP contribution is 2.49. The fraction of sp³-hybridized carbons (Fsp3) is 0. The number of fused-ring (bicyclic) bond motifs is 6. The Morgan fingerprint density at radius 1 is 0.395 bits per heavy atom. The minimum atomic E-state index is -0.457. The standard InChI is InChI=1S/C42H26O/c1-2-14-28(15-3-1)39-37-21-10-11-24-38(37)43-42(39)41-35-19-8-6-17-33(35)40(34-18-7-9-20-36(34)41)32-23-12-22-30-29-16-5-4-13-27(29)25-26-31(30)32/h1-26H/i6D,7D,8D,9D,17D,18D,19D,20D. The van der Waals surface area contributed by atoms with E-state index < -0.39 is 24.2 Å². The lowest BCUT2D eigenvalue weighted by atomic mass is 9.84. The summed E-state index contributed by atoms with van der Waals surface area (Å²) in [4.78, 5) is 0. The zero-order valence-electron chi connectivity index (χ0n) is 30.8. The maximum absolute atomic E-state index is 9.43. The van der Waals surface area contributed by atoms with E-state index in [1.54, 1.807) is 0 Å². The molecule has 43 heavy (non-hydrogen) atoms. The van der Waals surface area contributed by atoms with Gasteiger partial charge in [-0.15, -0.1) is 0 Å². The average Bonchev–Trinajstić information content (AvgIpc) is 3.55. The summed E-state index contributed by atoms with van der Waals surface area (Å²) in [5, 5.41) is 4.97. The third kappa shape index (κ3) is 3.58. The molecule has 9 aromatic rings. The molecule has 9 rings (SSSR count). The van der Waals surface area contributed by atoms with Crippen molar-refractivity contribution in [1.29, 1.82) is 0 Å². The fourth-order valence-electron chi connectivity index (χ4n) is 6.49. The predicted octanol–water partition coefficient (Wildman–Crippen LogP) is 12.0. The zero-order valence-corrected chi connectivity index (χ0v) is 22.8. The van der Waals surface area contributed by atoms with Gasteiger partial charge in [0.25, 0.3) is 0 Å². The Kier molecular flexibility index (Phi) is 3.80. The molecule has 0 unspecified atom stereocenters. The first-order valence-corrected chi connectivity index (χ1v) is 14.1. The van der Waals surface area contributed by atoms with Gasteiger partial charge in [-0.25, -0.2) is 0 Å². The molecule has 0 N–H and O–H groups in total. The van der Waals surface area contributed by atoms with E-state index in [-0.39, 0.29) is 57.0 Å². The van der Waals surface area contributed by atoms with Crippen LogP contribution in [0.1, 0.15) is 11.0 Å². The van der Waals surface area contributed by atoms with Crippen molar-refractivity contribution >= 4 is 54.1 Å². The smallest absolute Gasteiger partial charge is 0.144 e. The first kappa shape index (κ1) is 17.3. The highest BCUT2D eigenvalue weighted by Gasteiger charge is 2.24. The number of benzene rings is 8. The van der Waals surface area contributed by atoms with Crippen LogP contribution in [0.15, 0.2) is 162 Å². The summed E-state index contributed by atoms with van der Waals surface area (Å²) in [6.45, 7) is 0. The van der Waals surface area contributed by atoms with Crippen LogP contribution >= 0.6 is 0 Å². The predicted molar refractivity (Wildman–Crippen MR) is 183 cm³/mol. The summed E-state index contributed by atoms with van der Waals surface area (Å²) in [6, 6.07) is 31.5. The number of hydrogen-bond donors (Lipinski definition) is 0. The second-order valence-corrected chi connectivity index (χ2v) is 10.6. The van der Waals surface area contributed by atoms with Crippen molar-refractivity contribution in [3.8, 4) is 33.6 Å². The van der Waals surface area contributed by atoms with E-state index in [1.807, 2.05) is 109 Å². The molecule has 0 saturated carbocycles. The van der Waals surface area contributed by atoms with Crippen molar-refractivity contribution in [1.82, 2.24) is 0 Å². The largest absolute Gasteiger partial charge is 0.455 e. The van der Waals surface area contributed by atoms with Crippen LogP contribution in [0.2, 0.25) is 0 Å². The van der Waals surface area contributed by atoms with Crippen molar-refractivity contribution in [2.75, 3.05) is 0 Å². The number of furan rings is 1. The summed E-state index contributed by atoms with van der Waals surface area (Å²) in [5.74, 6) is 0.253. The Labute approximate surface area is 260 Å². The summed E-state index contributed by atoms with van der Waals surface area (Å²) in [5.41, 5.74) is 3.04. The Morgan fingerprint density at radius 3 is 1.74 bits per heavy atom. The van der Waals surface area contributed by atoms with Crippen molar-refractivity contribution in [3.05, 3.63) is 158 Å². The lowest BCUT2D eigenvalue weighted by Gasteiger charge is -2.18. The monoisotopic (exact) mass is 554 g/mol. The first-order chi connectivity index (χ1) is 24.7. The third-order valence-corrected chi connectivity index (χ3v) is 8.32. The van der Waals surface area contributed by atoms with Crippen LogP contribution in [0.4, 0.5) is 0 Å². The minimum Gasteiger partial charge on any atom is -0.455 e. The number of para-hydroxylation sites is 1. The van der Waals surface area contributed by atoms with E-state index in [0.717, 1.165) is 32.5 Å². The van der Waals surface area contributed by atoms with Crippen LogP contribution in [-0.4, -0.2) is 0 Å². The molecule has 0 atom stereocenters. The van der Waals surface area contributed by atoms with Gasteiger partial charge in [0.05, 0.1) is 11.0 Å². The van der Waals surface area contributed by atoms with Crippen molar-refractivity contribution < 1.29 is 15.4 Å². The van der Waals surface area contributed by atoms with Gasteiger partial charge in [-0.05, 0) is 65.8 Å². The van der Waals surface area contributed by atoms with E-state index in [2.05, 4.69) is 0 Å². The first-order valence-electron chi connectivity index (χ1n) is 18.1. The lowest BCUT2D eigenvalue weighted by molar-refractivity contribution is 0.634. The molecule has 0 saturated heterocycles. The highest BCUT2D eigenvalue weighted by atomic mass is 16.3. The van der Waals surface area contributed by atoms with Gasteiger partial charge in [-0.2, -0.15) is 0 Å². The topological polar surface area (TPSA) is 13.1 Å². The van der Waals surface area contributed by atoms with E-state index in [9.17, 15) is 5.48 Å². The van der Waals surface area contributed by atoms with Gasteiger partial charge in [0.1, 0.15) is 11.3 Å². The molecule has 0 bridgehead atoms. The normalized spacial score (nSPS) is 14.3. The Hall–Kier alpha value is -5.66. The van der Waals surface area contributed by atoms with Gasteiger partial charge in [0.2, 0.25) is 0 Å².